The van der Waals surface area contributed by atoms with Crippen molar-refractivity contribution in [1.82, 2.24) is 0 Å². The van der Waals surface area contributed by atoms with E-state index < -0.39 is 5.97 Å². The fourth-order valence-corrected chi connectivity index (χ4v) is 1.60. The summed E-state index contributed by atoms with van der Waals surface area (Å²) in [5.74, 6) is -0.126. The Kier molecular flexibility index (Phi) is 5.67. The Bertz CT molecular complexity index is 477. The van der Waals surface area contributed by atoms with Crippen LogP contribution in [0.3, 0.4) is 0 Å². The Hall–Kier alpha value is -2.23. The zero-order valence-corrected chi connectivity index (χ0v) is 11.0. The second-order valence-corrected chi connectivity index (χ2v) is 3.81. The summed E-state index contributed by atoms with van der Waals surface area (Å²) in [5.41, 5.74) is 0.954. The van der Waals surface area contributed by atoms with Gasteiger partial charge in [-0.1, -0.05) is 32.2 Å². The quantitative estimate of drug-likeness (QED) is 0.731. The number of ether oxygens (including phenoxy) is 2. The molecule has 0 saturated heterocycles. The van der Waals surface area contributed by atoms with E-state index >= 15 is 0 Å². The fourth-order valence-electron chi connectivity index (χ4n) is 1.60. The molecular weight excluding hydrogens is 244 g/mol. The molecule has 0 radical (unpaired) electrons. The number of carboxylic acid groups (broad SMARTS) is 1. The molecule has 0 amide bonds. The molecule has 0 aromatic heterocycles. The number of hydrogen-bond donors (Lipinski definition) is 1. The predicted molar refractivity (Wildman–Crippen MR) is 74.2 cm³/mol. The highest BCUT2D eigenvalue weighted by Crippen LogP contribution is 2.30. The van der Waals surface area contributed by atoms with E-state index in [1.807, 2.05) is 6.92 Å². The third-order valence-corrected chi connectivity index (χ3v) is 2.49. The molecule has 0 aliphatic heterocycles. The van der Waals surface area contributed by atoms with E-state index in [4.69, 9.17) is 9.47 Å². The molecule has 0 unspecified atom stereocenters. The standard InChI is InChI=1S/C15H18O4/c1-4-7-18-13-10-14(19-8-5-2)12(15(16)17)9-11(13)6-3/h4-5,9-10H,1-2,6-8H2,3H3,(H,16,17). The van der Waals surface area contributed by atoms with Crippen molar-refractivity contribution < 1.29 is 19.4 Å². The molecule has 0 atom stereocenters. The average molecular weight is 262 g/mol. The van der Waals surface area contributed by atoms with E-state index in [0.717, 1.165) is 5.56 Å². The molecule has 1 rings (SSSR count). The lowest BCUT2D eigenvalue weighted by Gasteiger charge is -2.14. The molecule has 1 aromatic carbocycles. The molecule has 4 nitrogen and oxygen atoms in total. The molecule has 0 fully saturated rings. The Morgan fingerprint density at radius 3 is 2.26 bits per heavy atom. The number of benzene rings is 1. The minimum Gasteiger partial charge on any atom is -0.489 e. The van der Waals surface area contributed by atoms with Crippen LogP contribution in [0.5, 0.6) is 11.5 Å². The van der Waals surface area contributed by atoms with Crippen LogP contribution >= 0.6 is 0 Å². The van der Waals surface area contributed by atoms with Crippen molar-refractivity contribution in [3.63, 3.8) is 0 Å². The van der Waals surface area contributed by atoms with Crippen molar-refractivity contribution in [2.24, 2.45) is 0 Å². The third-order valence-electron chi connectivity index (χ3n) is 2.49. The van der Waals surface area contributed by atoms with Crippen LogP contribution in [0.1, 0.15) is 22.8 Å². The lowest BCUT2D eigenvalue weighted by atomic mass is 10.1. The van der Waals surface area contributed by atoms with Crippen LogP contribution in [-0.4, -0.2) is 24.3 Å². The molecular formula is C15H18O4. The summed E-state index contributed by atoms with van der Waals surface area (Å²) in [7, 11) is 0. The van der Waals surface area contributed by atoms with Crippen LogP contribution < -0.4 is 9.47 Å². The highest BCUT2D eigenvalue weighted by molar-refractivity contribution is 5.91. The molecule has 0 bridgehead atoms. The van der Waals surface area contributed by atoms with Crippen molar-refractivity contribution in [1.29, 1.82) is 0 Å². The van der Waals surface area contributed by atoms with Gasteiger partial charge in [-0.15, -0.1) is 0 Å². The Balaban J connectivity index is 3.20. The summed E-state index contributed by atoms with van der Waals surface area (Å²) in [6, 6.07) is 3.19. The summed E-state index contributed by atoms with van der Waals surface area (Å²) in [5, 5.41) is 9.19. The van der Waals surface area contributed by atoms with E-state index in [1.54, 1.807) is 24.3 Å². The average Bonchev–Trinajstić information content (AvgIpc) is 2.42. The van der Waals surface area contributed by atoms with Gasteiger partial charge in [0.25, 0.3) is 0 Å². The minimum absolute atomic E-state index is 0.129. The van der Waals surface area contributed by atoms with Gasteiger partial charge < -0.3 is 14.6 Å². The van der Waals surface area contributed by atoms with Gasteiger partial charge in [0.15, 0.2) is 0 Å². The molecule has 4 heteroatoms. The van der Waals surface area contributed by atoms with Gasteiger partial charge in [0, 0.05) is 6.07 Å². The maximum absolute atomic E-state index is 11.2. The molecule has 1 N–H and O–H groups in total. The van der Waals surface area contributed by atoms with Gasteiger partial charge in [0.2, 0.25) is 0 Å². The second kappa shape index (κ2) is 7.26. The van der Waals surface area contributed by atoms with Crippen molar-refractivity contribution in [2.75, 3.05) is 13.2 Å². The Morgan fingerprint density at radius 2 is 1.79 bits per heavy atom. The first-order valence-corrected chi connectivity index (χ1v) is 6.01. The van der Waals surface area contributed by atoms with Gasteiger partial charge in [-0.3, -0.25) is 0 Å². The summed E-state index contributed by atoms with van der Waals surface area (Å²) in [6.45, 7) is 9.67. The minimum atomic E-state index is -1.02. The number of aryl methyl sites for hydroxylation is 1. The Morgan fingerprint density at radius 1 is 1.21 bits per heavy atom. The molecule has 0 aliphatic rings. The first kappa shape index (κ1) is 14.8. The largest absolute Gasteiger partial charge is 0.489 e. The smallest absolute Gasteiger partial charge is 0.339 e. The number of rotatable bonds is 8. The highest BCUT2D eigenvalue weighted by Gasteiger charge is 2.16. The molecule has 102 valence electrons. The van der Waals surface area contributed by atoms with E-state index in [9.17, 15) is 9.90 Å². The van der Waals surface area contributed by atoms with E-state index in [2.05, 4.69) is 13.2 Å². The monoisotopic (exact) mass is 262 g/mol. The molecule has 0 saturated carbocycles. The van der Waals surface area contributed by atoms with Gasteiger partial charge >= 0.3 is 5.97 Å². The van der Waals surface area contributed by atoms with Crippen LogP contribution in [0.25, 0.3) is 0 Å². The topological polar surface area (TPSA) is 55.8 Å². The lowest BCUT2D eigenvalue weighted by Crippen LogP contribution is -2.06. The van der Waals surface area contributed by atoms with Crippen LogP contribution in [0.2, 0.25) is 0 Å². The molecule has 0 spiro atoms. The second-order valence-electron chi connectivity index (χ2n) is 3.81. The summed E-state index contributed by atoms with van der Waals surface area (Å²) < 4.78 is 10.9. The van der Waals surface area contributed by atoms with Crippen molar-refractivity contribution in [3.8, 4) is 11.5 Å². The zero-order chi connectivity index (χ0) is 14.3. The lowest BCUT2D eigenvalue weighted by molar-refractivity contribution is 0.0692. The molecule has 0 aliphatic carbocycles. The van der Waals surface area contributed by atoms with E-state index in [0.29, 0.717) is 18.8 Å². The van der Waals surface area contributed by atoms with Crippen LogP contribution in [-0.2, 0) is 6.42 Å². The summed E-state index contributed by atoms with van der Waals surface area (Å²) in [4.78, 5) is 11.2. The van der Waals surface area contributed by atoms with E-state index in [-0.39, 0.29) is 17.9 Å². The van der Waals surface area contributed by atoms with Gasteiger partial charge in [-0.05, 0) is 18.1 Å². The van der Waals surface area contributed by atoms with Crippen LogP contribution in [0.15, 0.2) is 37.4 Å². The summed E-state index contributed by atoms with van der Waals surface area (Å²) >= 11 is 0. The van der Waals surface area contributed by atoms with Crippen LogP contribution in [0.4, 0.5) is 0 Å². The van der Waals surface area contributed by atoms with Crippen molar-refractivity contribution in [2.45, 2.75) is 13.3 Å². The number of carboxylic acids is 1. The Labute approximate surface area is 113 Å². The first-order valence-electron chi connectivity index (χ1n) is 6.01. The van der Waals surface area contributed by atoms with Gasteiger partial charge in [0.1, 0.15) is 30.3 Å². The maximum Gasteiger partial charge on any atom is 0.339 e. The van der Waals surface area contributed by atoms with Crippen LogP contribution in [0, 0.1) is 0 Å². The SMILES string of the molecule is C=CCOc1cc(OCC=C)c(C(=O)O)cc1CC. The maximum atomic E-state index is 11.2. The number of carbonyl (C=O) groups is 1. The van der Waals surface area contributed by atoms with Crippen molar-refractivity contribution in [3.05, 3.63) is 48.6 Å². The van der Waals surface area contributed by atoms with E-state index in [1.165, 1.54) is 0 Å². The van der Waals surface area contributed by atoms with Crippen molar-refractivity contribution >= 4 is 5.97 Å². The predicted octanol–water partition coefficient (Wildman–Crippen LogP) is 3.08. The fraction of sp³-hybridized carbons (Fsp3) is 0.267. The van der Waals surface area contributed by atoms with Gasteiger partial charge in [-0.2, -0.15) is 0 Å². The zero-order valence-electron chi connectivity index (χ0n) is 11.0. The number of hydrogen-bond acceptors (Lipinski definition) is 3. The highest BCUT2D eigenvalue weighted by atomic mass is 16.5. The third kappa shape index (κ3) is 3.88. The number of aromatic carboxylic acids is 1. The molecule has 19 heavy (non-hydrogen) atoms. The first-order chi connectivity index (χ1) is 9.13. The van der Waals surface area contributed by atoms with Gasteiger partial charge in [0.05, 0.1) is 0 Å². The van der Waals surface area contributed by atoms with Gasteiger partial charge in [-0.25, -0.2) is 4.79 Å². The summed E-state index contributed by atoms with van der Waals surface area (Å²) in [6.07, 6.45) is 3.87. The normalized spacial score (nSPS) is 9.74. The molecule has 0 heterocycles. The molecule has 1 aromatic rings.